The van der Waals surface area contributed by atoms with E-state index < -0.39 is 0 Å². The van der Waals surface area contributed by atoms with Gasteiger partial charge in [-0.3, -0.25) is 0 Å². The average molecular weight is 168 g/mol. The topological polar surface area (TPSA) is 68.4 Å². The van der Waals surface area contributed by atoms with Crippen molar-refractivity contribution < 1.29 is 9.84 Å². The Balaban J connectivity index is 3.00. The minimum Gasteiger partial charge on any atom is -0.392 e. The molecule has 3 N–H and O–H groups in total. The number of nitrogens with two attached hydrogens (primary N) is 1. The smallest absolute Gasteiger partial charge is 0.129 e. The highest BCUT2D eigenvalue weighted by Gasteiger charge is 2.04. The molecule has 0 saturated heterocycles. The molecule has 1 rings (SSSR count). The highest BCUT2D eigenvalue weighted by molar-refractivity contribution is 5.43. The lowest BCUT2D eigenvalue weighted by atomic mass is 10.1. The molecule has 0 saturated carbocycles. The van der Waals surface area contributed by atoms with Crippen LogP contribution in [0, 0.1) is 0 Å². The summed E-state index contributed by atoms with van der Waals surface area (Å²) in [6, 6.07) is 1.78. The van der Waals surface area contributed by atoms with E-state index in [1.54, 1.807) is 19.4 Å². The molecule has 0 aliphatic heterocycles. The molecule has 1 heterocycles. The van der Waals surface area contributed by atoms with Crippen molar-refractivity contribution in [3.8, 4) is 0 Å². The largest absolute Gasteiger partial charge is 0.392 e. The maximum atomic E-state index is 8.95. The van der Waals surface area contributed by atoms with Gasteiger partial charge in [0.15, 0.2) is 0 Å². The zero-order chi connectivity index (χ0) is 8.97. The lowest BCUT2D eigenvalue weighted by molar-refractivity contribution is 0.181. The number of rotatable bonds is 3. The molecule has 0 unspecified atom stereocenters. The van der Waals surface area contributed by atoms with Crippen molar-refractivity contribution in [2.45, 2.75) is 13.2 Å². The summed E-state index contributed by atoms with van der Waals surface area (Å²) in [5.74, 6) is 0.368. The van der Waals surface area contributed by atoms with Gasteiger partial charge < -0.3 is 15.6 Å². The second kappa shape index (κ2) is 4.04. The Morgan fingerprint density at radius 1 is 1.67 bits per heavy atom. The quantitative estimate of drug-likeness (QED) is 0.681. The van der Waals surface area contributed by atoms with Gasteiger partial charge in [-0.15, -0.1) is 0 Å². The monoisotopic (exact) mass is 168 g/mol. The summed E-state index contributed by atoms with van der Waals surface area (Å²) < 4.78 is 4.93. The number of aliphatic hydroxyl groups excluding tert-OH is 1. The van der Waals surface area contributed by atoms with Crippen molar-refractivity contribution in [1.29, 1.82) is 0 Å². The fraction of sp³-hybridized carbons (Fsp3) is 0.375. The van der Waals surface area contributed by atoms with Crippen LogP contribution in [0.1, 0.15) is 11.1 Å². The first kappa shape index (κ1) is 8.96. The van der Waals surface area contributed by atoms with Crippen LogP contribution in [0.25, 0.3) is 0 Å². The van der Waals surface area contributed by atoms with E-state index in [-0.39, 0.29) is 6.61 Å². The fourth-order valence-corrected chi connectivity index (χ4v) is 1.02. The van der Waals surface area contributed by atoms with Gasteiger partial charge in [0.2, 0.25) is 0 Å². The van der Waals surface area contributed by atoms with Gasteiger partial charge in [-0.1, -0.05) is 0 Å². The lowest BCUT2D eigenvalue weighted by Crippen LogP contribution is -2.03. The number of nitrogens with zero attached hydrogens (tertiary/aromatic N) is 1. The van der Waals surface area contributed by atoms with E-state index in [2.05, 4.69) is 4.98 Å². The molecule has 0 atom stereocenters. The third-order valence-electron chi connectivity index (χ3n) is 1.64. The van der Waals surface area contributed by atoms with E-state index in [4.69, 9.17) is 15.6 Å². The highest BCUT2D eigenvalue weighted by Crippen LogP contribution is 2.14. The van der Waals surface area contributed by atoms with Gasteiger partial charge in [-0.25, -0.2) is 4.98 Å². The molecule has 66 valence electrons. The molecule has 0 aliphatic carbocycles. The van der Waals surface area contributed by atoms with Crippen molar-refractivity contribution in [2.24, 2.45) is 0 Å². The minimum atomic E-state index is -0.0988. The van der Waals surface area contributed by atoms with E-state index in [0.717, 1.165) is 5.56 Å². The number of methoxy groups -OCH3 is 1. The Kier molecular flexibility index (Phi) is 3.01. The van der Waals surface area contributed by atoms with Gasteiger partial charge in [-0.05, 0) is 11.6 Å². The fourth-order valence-electron chi connectivity index (χ4n) is 1.02. The van der Waals surface area contributed by atoms with E-state index >= 15 is 0 Å². The number of hydrogen-bond donors (Lipinski definition) is 2. The number of hydrogen-bond acceptors (Lipinski definition) is 4. The Morgan fingerprint density at radius 3 is 3.00 bits per heavy atom. The molecule has 0 amide bonds. The number of aromatic nitrogens is 1. The van der Waals surface area contributed by atoms with Crippen LogP contribution in [0.3, 0.4) is 0 Å². The van der Waals surface area contributed by atoms with Crippen LogP contribution in [0.4, 0.5) is 5.82 Å². The second-order valence-electron chi connectivity index (χ2n) is 2.42. The van der Waals surface area contributed by atoms with E-state index in [0.29, 0.717) is 18.0 Å². The molecule has 1 aromatic heterocycles. The second-order valence-corrected chi connectivity index (χ2v) is 2.42. The molecule has 12 heavy (non-hydrogen) atoms. The van der Waals surface area contributed by atoms with Crippen LogP contribution < -0.4 is 5.73 Å². The first-order valence-corrected chi connectivity index (χ1v) is 3.61. The lowest BCUT2D eigenvalue weighted by Gasteiger charge is -2.07. The van der Waals surface area contributed by atoms with E-state index in [1.165, 1.54) is 0 Å². The molecule has 0 aliphatic rings. The van der Waals surface area contributed by atoms with Crippen LogP contribution in [0.5, 0.6) is 0 Å². The standard InChI is InChI=1S/C8H12N2O2/c1-12-5-6-2-3-10-8(9)7(6)4-11/h2-3,11H,4-5H2,1H3,(H2,9,10). The molecule has 4 nitrogen and oxygen atoms in total. The average Bonchev–Trinajstić information content (AvgIpc) is 2.05. The van der Waals surface area contributed by atoms with Gasteiger partial charge in [0.25, 0.3) is 0 Å². The predicted molar refractivity (Wildman–Crippen MR) is 45.3 cm³/mol. The van der Waals surface area contributed by atoms with Gasteiger partial charge in [0.1, 0.15) is 5.82 Å². The summed E-state index contributed by atoms with van der Waals surface area (Å²) in [6.07, 6.45) is 1.60. The molecule has 0 fully saturated rings. The number of ether oxygens (including phenoxy) is 1. The summed E-state index contributed by atoms with van der Waals surface area (Å²) in [6.45, 7) is 0.348. The summed E-state index contributed by atoms with van der Waals surface area (Å²) in [7, 11) is 1.60. The Bertz CT molecular complexity index is 263. The molecular formula is C8H12N2O2. The summed E-state index contributed by atoms with van der Waals surface area (Å²) in [5, 5.41) is 8.95. The predicted octanol–water partition coefficient (Wildman–Crippen LogP) is 0.303. The molecule has 0 radical (unpaired) electrons. The third-order valence-corrected chi connectivity index (χ3v) is 1.64. The number of pyridine rings is 1. The van der Waals surface area contributed by atoms with Crippen LogP contribution in [-0.2, 0) is 18.0 Å². The Hall–Kier alpha value is -1.13. The van der Waals surface area contributed by atoms with E-state index in [1.807, 2.05) is 0 Å². The first-order valence-electron chi connectivity index (χ1n) is 3.61. The van der Waals surface area contributed by atoms with Crippen molar-refractivity contribution in [1.82, 2.24) is 4.98 Å². The normalized spacial score (nSPS) is 10.2. The van der Waals surface area contributed by atoms with Crippen LogP contribution >= 0.6 is 0 Å². The van der Waals surface area contributed by atoms with Crippen molar-refractivity contribution >= 4 is 5.82 Å². The van der Waals surface area contributed by atoms with Gasteiger partial charge >= 0.3 is 0 Å². The van der Waals surface area contributed by atoms with Gasteiger partial charge in [0, 0.05) is 18.9 Å². The molecular weight excluding hydrogens is 156 g/mol. The minimum absolute atomic E-state index is 0.0988. The summed E-state index contributed by atoms with van der Waals surface area (Å²) >= 11 is 0. The van der Waals surface area contributed by atoms with Crippen LogP contribution in [0.2, 0.25) is 0 Å². The maximum Gasteiger partial charge on any atom is 0.129 e. The summed E-state index contributed by atoms with van der Waals surface area (Å²) in [4.78, 5) is 3.86. The third kappa shape index (κ3) is 1.72. The SMILES string of the molecule is COCc1ccnc(N)c1CO. The summed E-state index contributed by atoms with van der Waals surface area (Å²) in [5.41, 5.74) is 7.07. The molecule has 0 spiro atoms. The first-order chi connectivity index (χ1) is 5.79. The van der Waals surface area contributed by atoms with Crippen molar-refractivity contribution in [3.05, 3.63) is 23.4 Å². The van der Waals surface area contributed by atoms with Gasteiger partial charge in [0.05, 0.1) is 13.2 Å². The van der Waals surface area contributed by atoms with E-state index in [9.17, 15) is 0 Å². The van der Waals surface area contributed by atoms with Crippen molar-refractivity contribution in [2.75, 3.05) is 12.8 Å². The maximum absolute atomic E-state index is 8.95. The molecule has 0 aromatic carbocycles. The van der Waals surface area contributed by atoms with Crippen LogP contribution in [0.15, 0.2) is 12.3 Å². The molecule has 4 heteroatoms. The molecule has 1 aromatic rings. The van der Waals surface area contributed by atoms with Crippen molar-refractivity contribution in [3.63, 3.8) is 0 Å². The van der Waals surface area contributed by atoms with Gasteiger partial charge in [-0.2, -0.15) is 0 Å². The number of aliphatic hydroxyl groups is 1. The zero-order valence-corrected chi connectivity index (χ0v) is 6.95. The number of nitrogen functional groups attached to an aromatic ring is 1. The Morgan fingerprint density at radius 2 is 2.42 bits per heavy atom. The Labute approximate surface area is 71.0 Å². The highest BCUT2D eigenvalue weighted by atomic mass is 16.5. The zero-order valence-electron chi connectivity index (χ0n) is 6.95. The van der Waals surface area contributed by atoms with Crippen LogP contribution in [-0.4, -0.2) is 17.2 Å². The molecule has 0 bridgehead atoms. The number of anilines is 1.